The van der Waals surface area contributed by atoms with E-state index in [0.29, 0.717) is 10.9 Å². The Morgan fingerprint density at radius 2 is 2.31 bits per heavy atom. The second-order valence-electron chi connectivity index (χ2n) is 2.94. The first-order valence-corrected chi connectivity index (χ1v) is 4.84. The third-order valence-corrected chi connectivity index (χ3v) is 2.15. The number of ether oxygens (including phenoxy) is 1. The van der Waals surface area contributed by atoms with Crippen LogP contribution in [0.2, 0.25) is 5.02 Å². The lowest BCUT2D eigenvalue weighted by atomic mass is 10.1. The lowest BCUT2D eigenvalue weighted by molar-refractivity contribution is 0.398. The molecule has 13 heavy (non-hydrogen) atoms. The largest absolute Gasteiger partial charge is 0.480 e. The molecule has 72 valence electrons. The third-order valence-electron chi connectivity index (χ3n) is 1.88. The van der Waals surface area contributed by atoms with Gasteiger partial charge in [0.1, 0.15) is 5.02 Å². The summed E-state index contributed by atoms with van der Waals surface area (Å²) in [4.78, 5) is 4.10. The smallest absolute Gasteiger partial charge is 0.232 e. The van der Waals surface area contributed by atoms with E-state index in [1.165, 1.54) is 18.4 Å². The van der Waals surface area contributed by atoms with Crippen molar-refractivity contribution in [1.82, 2.24) is 4.98 Å². The van der Waals surface area contributed by atoms with Gasteiger partial charge in [0.25, 0.3) is 0 Å². The van der Waals surface area contributed by atoms with E-state index in [4.69, 9.17) is 16.3 Å². The highest BCUT2D eigenvalue weighted by Crippen LogP contribution is 2.22. The summed E-state index contributed by atoms with van der Waals surface area (Å²) in [5.41, 5.74) is 1.17. The molecule has 0 amide bonds. The van der Waals surface area contributed by atoms with Gasteiger partial charge in [-0.05, 0) is 24.5 Å². The number of nitrogens with zero attached hydrogens (tertiary/aromatic N) is 1. The van der Waals surface area contributed by atoms with E-state index in [9.17, 15) is 0 Å². The Balaban J connectivity index is 2.71. The number of pyridine rings is 1. The first-order valence-electron chi connectivity index (χ1n) is 4.46. The quantitative estimate of drug-likeness (QED) is 0.744. The van der Waals surface area contributed by atoms with Crippen LogP contribution < -0.4 is 4.74 Å². The zero-order chi connectivity index (χ0) is 9.68. The van der Waals surface area contributed by atoms with Gasteiger partial charge in [0.05, 0.1) is 7.11 Å². The number of hydrogen-bond acceptors (Lipinski definition) is 2. The van der Waals surface area contributed by atoms with Crippen molar-refractivity contribution in [3.05, 3.63) is 22.8 Å². The highest BCUT2D eigenvalue weighted by molar-refractivity contribution is 6.31. The molecule has 3 heteroatoms. The molecule has 0 saturated heterocycles. The molecule has 1 aromatic heterocycles. The van der Waals surface area contributed by atoms with E-state index in [0.717, 1.165) is 6.42 Å². The van der Waals surface area contributed by atoms with E-state index in [1.54, 1.807) is 7.11 Å². The Hall–Kier alpha value is -0.760. The van der Waals surface area contributed by atoms with Crippen molar-refractivity contribution in [2.45, 2.75) is 26.2 Å². The summed E-state index contributed by atoms with van der Waals surface area (Å²) in [5, 5.41) is 0.594. The molecule has 0 aromatic carbocycles. The monoisotopic (exact) mass is 199 g/mol. The van der Waals surface area contributed by atoms with Crippen molar-refractivity contribution in [3.8, 4) is 5.88 Å². The van der Waals surface area contributed by atoms with Crippen LogP contribution in [0.25, 0.3) is 0 Å². The van der Waals surface area contributed by atoms with Gasteiger partial charge in [-0.15, -0.1) is 0 Å². The number of methoxy groups -OCH3 is 1. The summed E-state index contributed by atoms with van der Waals surface area (Å²) >= 11 is 5.92. The van der Waals surface area contributed by atoms with Crippen LogP contribution in [0.3, 0.4) is 0 Å². The Labute approximate surface area is 83.9 Å². The number of aromatic nitrogens is 1. The van der Waals surface area contributed by atoms with Crippen LogP contribution in [0.5, 0.6) is 5.88 Å². The number of unbranched alkanes of at least 4 members (excludes halogenated alkanes) is 1. The molecule has 0 aliphatic rings. The highest BCUT2D eigenvalue weighted by Gasteiger charge is 2.02. The normalized spacial score (nSPS) is 10.1. The average molecular weight is 200 g/mol. The molecule has 0 saturated carbocycles. The van der Waals surface area contributed by atoms with Crippen molar-refractivity contribution in [2.75, 3.05) is 7.11 Å². The molecule has 0 aliphatic heterocycles. The first kappa shape index (κ1) is 10.3. The molecule has 1 rings (SSSR count). The second kappa shape index (κ2) is 5.07. The third kappa shape index (κ3) is 2.88. The van der Waals surface area contributed by atoms with Gasteiger partial charge in [-0.25, -0.2) is 4.98 Å². The predicted octanol–water partition coefficient (Wildman–Crippen LogP) is 3.09. The van der Waals surface area contributed by atoms with Gasteiger partial charge in [0.15, 0.2) is 0 Å². The number of rotatable bonds is 4. The summed E-state index contributed by atoms with van der Waals surface area (Å²) in [6.07, 6.45) is 5.21. The Morgan fingerprint density at radius 1 is 1.54 bits per heavy atom. The topological polar surface area (TPSA) is 22.1 Å². The summed E-state index contributed by atoms with van der Waals surface area (Å²) in [5.74, 6) is 0.502. The minimum Gasteiger partial charge on any atom is -0.480 e. The SMILES string of the molecule is CCCCc1cnc(OC)c(Cl)c1. The standard InChI is InChI=1S/C10H14ClNO/c1-3-4-5-8-6-9(11)10(13-2)12-7-8/h6-7H,3-5H2,1-2H3. The van der Waals surface area contributed by atoms with Crippen LogP contribution >= 0.6 is 11.6 Å². The fraction of sp³-hybridized carbons (Fsp3) is 0.500. The maximum absolute atomic E-state index is 5.92. The molecule has 1 heterocycles. The van der Waals surface area contributed by atoms with Gasteiger partial charge in [-0.2, -0.15) is 0 Å². The van der Waals surface area contributed by atoms with Gasteiger partial charge in [0.2, 0.25) is 5.88 Å². The number of halogens is 1. The molecule has 1 aromatic rings. The van der Waals surface area contributed by atoms with Gasteiger partial charge in [-0.3, -0.25) is 0 Å². The zero-order valence-corrected chi connectivity index (χ0v) is 8.77. The molecule has 0 bridgehead atoms. The number of hydrogen-bond donors (Lipinski definition) is 0. The average Bonchev–Trinajstić information content (AvgIpc) is 2.15. The van der Waals surface area contributed by atoms with Crippen LogP contribution in [0, 0.1) is 0 Å². The molecule has 0 aliphatic carbocycles. The van der Waals surface area contributed by atoms with Crippen LogP contribution in [0.15, 0.2) is 12.3 Å². The molecule has 0 N–H and O–H groups in total. The van der Waals surface area contributed by atoms with Gasteiger partial charge in [-0.1, -0.05) is 24.9 Å². The summed E-state index contributed by atoms with van der Waals surface area (Å²) in [7, 11) is 1.57. The van der Waals surface area contributed by atoms with Crippen LogP contribution in [0.1, 0.15) is 25.3 Å². The molecular formula is C10H14ClNO. The van der Waals surface area contributed by atoms with E-state index in [1.807, 2.05) is 12.3 Å². The predicted molar refractivity (Wildman–Crippen MR) is 54.4 cm³/mol. The number of aryl methyl sites for hydroxylation is 1. The van der Waals surface area contributed by atoms with Gasteiger partial charge >= 0.3 is 0 Å². The Kier molecular flexibility index (Phi) is 4.03. The van der Waals surface area contributed by atoms with E-state index >= 15 is 0 Å². The molecule has 0 unspecified atom stereocenters. The van der Waals surface area contributed by atoms with Crippen molar-refractivity contribution in [2.24, 2.45) is 0 Å². The lowest BCUT2D eigenvalue weighted by Gasteiger charge is -2.03. The molecule has 2 nitrogen and oxygen atoms in total. The second-order valence-corrected chi connectivity index (χ2v) is 3.35. The fourth-order valence-corrected chi connectivity index (χ4v) is 1.40. The summed E-state index contributed by atoms with van der Waals surface area (Å²) in [6.45, 7) is 2.17. The van der Waals surface area contributed by atoms with Crippen molar-refractivity contribution >= 4 is 11.6 Å². The Morgan fingerprint density at radius 3 is 2.85 bits per heavy atom. The minimum atomic E-state index is 0.502. The highest BCUT2D eigenvalue weighted by atomic mass is 35.5. The molecular weight excluding hydrogens is 186 g/mol. The molecule has 0 radical (unpaired) electrons. The summed E-state index contributed by atoms with van der Waals surface area (Å²) < 4.78 is 4.96. The summed E-state index contributed by atoms with van der Waals surface area (Å²) in [6, 6.07) is 1.92. The van der Waals surface area contributed by atoms with Crippen LogP contribution in [0.4, 0.5) is 0 Å². The van der Waals surface area contributed by atoms with Crippen LogP contribution in [-0.2, 0) is 6.42 Å². The molecule has 0 atom stereocenters. The Bertz CT molecular complexity index is 276. The van der Waals surface area contributed by atoms with Crippen molar-refractivity contribution in [1.29, 1.82) is 0 Å². The van der Waals surface area contributed by atoms with Gasteiger partial charge < -0.3 is 4.74 Å². The van der Waals surface area contributed by atoms with Crippen LogP contribution in [-0.4, -0.2) is 12.1 Å². The fourth-order valence-electron chi connectivity index (χ4n) is 1.13. The maximum atomic E-state index is 5.92. The zero-order valence-electron chi connectivity index (χ0n) is 8.01. The molecule has 0 fully saturated rings. The van der Waals surface area contributed by atoms with Crippen molar-refractivity contribution < 1.29 is 4.74 Å². The van der Waals surface area contributed by atoms with Crippen molar-refractivity contribution in [3.63, 3.8) is 0 Å². The minimum absolute atomic E-state index is 0.502. The first-order chi connectivity index (χ1) is 6.27. The van der Waals surface area contributed by atoms with E-state index in [-0.39, 0.29) is 0 Å². The van der Waals surface area contributed by atoms with E-state index < -0.39 is 0 Å². The lowest BCUT2D eigenvalue weighted by Crippen LogP contribution is -1.91. The van der Waals surface area contributed by atoms with E-state index in [2.05, 4.69) is 11.9 Å². The molecule has 0 spiro atoms. The maximum Gasteiger partial charge on any atom is 0.232 e. The van der Waals surface area contributed by atoms with Gasteiger partial charge in [0, 0.05) is 6.20 Å².